The van der Waals surface area contributed by atoms with E-state index >= 15 is 0 Å². The maximum Gasteiger partial charge on any atom is 0.371 e. The molecule has 0 atom stereocenters. The van der Waals surface area contributed by atoms with Crippen molar-refractivity contribution in [3.8, 4) is 5.75 Å². The Bertz CT molecular complexity index is 706. The smallest absolute Gasteiger partial charge is 0.371 e. The number of aromatic carboxylic acids is 1. The molecule has 0 bridgehead atoms. The fourth-order valence-corrected chi connectivity index (χ4v) is 1.85. The normalized spacial score (nSPS) is 10.3. The van der Waals surface area contributed by atoms with E-state index in [-0.39, 0.29) is 11.5 Å². The highest BCUT2D eigenvalue weighted by Gasteiger charge is 2.16. The monoisotopic (exact) mass is 319 g/mol. The summed E-state index contributed by atoms with van der Waals surface area (Å²) in [6.45, 7) is 2.66. The molecule has 2 rings (SSSR count). The van der Waals surface area contributed by atoms with E-state index in [4.69, 9.17) is 19.0 Å². The summed E-state index contributed by atoms with van der Waals surface area (Å²) in [5, 5.41) is 11.4. The summed E-state index contributed by atoms with van der Waals surface area (Å²) < 4.78 is 15.5. The summed E-state index contributed by atoms with van der Waals surface area (Å²) in [6, 6.07) is 7.84. The average Bonchev–Trinajstić information content (AvgIpc) is 3.00. The summed E-state index contributed by atoms with van der Waals surface area (Å²) in [5.74, 6) is -1.68. The van der Waals surface area contributed by atoms with Crippen LogP contribution >= 0.6 is 0 Å². The number of furan rings is 1. The summed E-state index contributed by atoms with van der Waals surface area (Å²) in [6.07, 6.45) is 0. The van der Waals surface area contributed by atoms with Crippen LogP contribution in [-0.4, -0.2) is 37.3 Å². The number of hydrogen-bond donors (Lipinski definition) is 2. The number of nitrogens with one attached hydrogen (secondary N) is 1. The molecule has 122 valence electrons. The predicted octanol–water partition coefficient (Wildman–Crippen LogP) is 2.56. The van der Waals surface area contributed by atoms with E-state index in [0.717, 1.165) is 5.56 Å². The lowest BCUT2D eigenvalue weighted by Crippen LogP contribution is -2.13. The van der Waals surface area contributed by atoms with Gasteiger partial charge in [-0.15, -0.1) is 0 Å². The molecule has 0 aliphatic rings. The second-order valence-corrected chi connectivity index (χ2v) is 4.76. The minimum atomic E-state index is -1.23. The predicted molar refractivity (Wildman–Crippen MR) is 82.2 cm³/mol. The summed E-state index contributed by atoms with van der Waals surface area (Å²) in [7, 11) is 1.57. The number of hydrogen-bond acceptors (Lipinski definition) is 5. The number of rotatable bonds is 7. The zero-order valence-electron chi connectivity index (χ0n) is 12.8. The molecule has 0 aliphatic heterocycles. The number of methoxy groups -OCH3 is 1. The molecule has 1 heterocycles. The van der Waals surface area contributed by atoms with Gasteiger partial charge in [0.15, 0.2) is 5.76 Å². The van der Waals surface area contributed by atoms with Crippen molar-refractivity contribution in [2.45, 2.75) is 6.92 Å². The van der Waals surface area contributed by atoms with Crippen LogP contribution in [0.1, 0.15) is 26.7 Å². The van der Waals surface area contributed by atoms with Gasteiger partial charge in [-0.3, -0.25) is 4.79 Å². The van der Waals surface area contributed by atoms with E-state index in [0.29, 0.717) is 24.7 Å². The molecule has 0 saturated carbocycles. The van der Waals surface area contributed by atoms with Crippen LogP contribution in [0, 0.1) is 6.92 Å². The maximum absolute atomic E-state index is 12.1. The van der Waals surface area contributed by atoms with Crippen molar-refractivity contribution < 1.29 is 28.6 Å². The van der Waals surface area contributed by atoms with Gasteiger partial charge in [-0.1, -0.05) is 6.07 Å². The van der Waals surface area contributed by atoms with Gasteiger partial charge in [0.1, 0.15) is 12.4 Å². The topological polar surface area (TPSA) is 98.0 Å². The van der Waals surface area contributed by atoms with Crippen molar-refractivity contribution >= 4 is 17.6 Å². The SMILES string of the molecule is COCCOc1cc(C)ccc1NC(=O)c1ccc(C(=O)O)o1. The van der Waals surface area contributed by atoms with E-state index in [1.54, 1.807) is 19.2 Å². The fourth-order valence-electron chi connectivity index (χ4n) is 1.85. The highest BCUT2D eigenvalue weighted by molar-refractivity contribution is 6.03. The Morgan fingerprint density at radius 1 is 1.17 bits per heavy atom. The van der Waals surface area contributed by atoms with Crippen molar-refractivity contribution in [3.05, 3.63) is 47.4 Å². The van der Waals surface area contributed by atoms with Crippen molar-refractivity contribution in [1.82, 2.24) is 0 Å². The highest BCUT2D eigenvalue weighted by Crippen LogP contribution is 2.26. The third-order valence-corrected chi connectivity index (χ3v) is 2.97. The Morgan fingerprint density at radius 2 is 1.91 bits per heavy atom. The lowest BCUT2D eigenvalue weighted by atomic mass is 10.2. The summed E-state index contributed by atoms with van der Waals surface area (Å²) >= 11 is 0. The molecule has 1 aromatic carbocycles. The van der Waals surface area contributed by atoms with Crippen LogP contribution in [0.4, 0.5) is 5.69 Å². The van der Waals surface area contributed by atoms with Gasteiger partial charge in [-0.25, -0.2) is 4.79 Å². The van der Waals surface area contributed by atoms with Crippen LogP contribution in [0.3, 0.4) is 0 Å². The lowest BCUT2D eigenvalue weighted by Gasteiger charge is -2.12. The molecule has 1 aromatic heterocycles. The largest absolute Gasteiger partial charge is 0.489 e. The van der Waals surface area contributed by atoms with Crippen molar-refractivity contribution in [2.24, 2.45) is 0 Å². The number of aryl methyl sites for hydroxylation is 1. The quantitative estimate of drug-likeness (QED) is 0.761. The number of benzene rings is 1. The molecule has 2 aromatic rings. The fraction of sp³-hybridized carbons (Fsp3) is 0.250. The van der Waals surface area contributed by atoms with E-state index in [1.165, 1.54) is 12.1 Å². The number of carbonyl (C=O) groups excluding carboxylic acids is 1. The zero-order chi connectivity index (χ0) is 16.8. The van der Waals surface area contributed by atoms with Crippen molar-refractivity contribution in [1.29, 1.82) is 0 Å². The molecule has 7 heteroatoms. The molecule has 7 nitrogen and oxygen atoms in total. The molecular formula is C16H17NO6. The first kappa shape index (κ1) is 16.6. The molecule has 23 heavy (non-hydrogen) atoms. The molecule has 0 aliphatic carbocycles. The number of carboxylic acid groups (broad SMARTS) is 1. The Morgan fingerprint density at radius 3 is 2.57 bits per heavy atom. The second-order valence-electron chi connectivity index (χ2n) is 4.76. The Hall–Kier alpha value is -2.80. The molecule has 0 spiro atoms. The zero-order valence-corrected chi connectivity index (χ0v) is 12.8. The van der Waals surface area contributed by atoms with Crippen LogP contribution in [-0.2, 0) is 4.74 Å². The van der Waals surface area contributed by atoms with Gasteiger partial charge in [0.2, 0.25) is 5.76 Å². The first-order valence-electron chi connectivity index (χ1n) is 6.88. The number of ether oxygens (including phenoxy) is 2. The maximum atomic E-state index is 12.1. The third kappa shape index (κ3) is 4.33. The molecular weight excluding hydrogens is 302 g/mol. The third-order valence-electron chi connectivity index (χ3n) is 2.97. The van der Waals surface area contributed by atoms with Crippen molar-refractivity contribution in [2.75, 3.05) is 25.6 Å². The van der Waals surface area contributed by atoms with Crippen LogP contribution in [0.5, 0.6) is 5.75 Å². The van der Waals surface area contributed by atoms with Gasteiger partial charge < -0.3 is 24.3 Å². The highest BCUT2D eigenvalue weighted by atomic mass is 16.5. The number of carbonyl (C=O) groups is 2. The van der Waals surface area contributed by atoms with Crippen LogP contribution in [0.2, 0.25) is 0 Å². The molecule has 0 radical (unpaired) electrons. The van der Waals surface area contributed by atoms with Gasteiger partial charge in [0.05, 0.1) is 12.3 Å². The number of anilines is 1. The van der Waals surface area contributed by atoms with Gasteiger partial charge in [0, 0.05) is 7.11 Å². The molecule has 1 amide bonds. The van der Waals surface area contributed by atoms with Gasteiger partial charge >= 0.3 is 5.97 Å². The summed E-state index contributed by atoms with van der Waals surface area (Å²) in [4.78, 5) is 22.9. The van der Waals surface area contributed by atoms with Gasteiger partial charge in [-0.2, -0.15) is 0 Å². The first-order chi connectivity index (χ1) is 11.0. The van der Waals surface area contributed by atoms with Crippen LogP contribution in [0.15, 0.2) is 34.7 Å². The van der Waals surface area contributed by atoms with E-state index < -0.39 is 11.9 Å². The number of amides is 1. The Balaban J connectivity index is 2.14. The molecule has 0 unspecified atom stereocenters. The second kappa shape index (κ2) is 7.46. The van der Waals surface area contributed by atoms with Crippen molar-refractivity contribution in [3.63, 3.8) is 0 Å². The van der Waals surface area contributed by atoms with E-state index in [2.05, 4.69) is 5.32 Å². The minimum absolute atomic E-state index is 0.0918. The lowest BCUT2D eigenvalue weighted by molar-refractivity contribution is 0.0660. The average molecular weight is 319 g/mol. The standard InChI is InChI=1S/C16H17NO6/c1-10-3-4-11(14(9-10)22-8-7-21-2)17-15(18)12-5-6-13(23-12)16(19)20/h3-6,9H,7-8H2,1-2H3,(H,17,18)(H,19,20). The van der Waals surface area contributed by atoms with E-state index in [1.807, 2.05) is 13.0 Å². The van der Waals surface area contributed by atoms with E-state index in [9.17, 15) is 9.59 Å². The minimum Gasteiger partial charge on any atom is -0.489 e. The van der Waals surface area contributed by atoms with Gasteiger partial charge in [0.25, 0.3) is 5.91 Å². The molecule has 2 N–H and O–H groups in total. The summed E-state index contributed by atoms with van der Waals surface area (Å²) in [5.41, 5.74) is 1.44. The Kier molecular flexibility index (Phi) is 5.37. The number of carboxylic acids is 1. The van der Waals surface area contributed by atoms with Gasteiger partial charge in [-0.05, 0) is 36.8 Å². The van der Waals surface area contributed by atoms with Crippen LogP contribution in [0.25, 0.3) is 0 Å². The molecule has 0 saturated heterocycles. The first-order valence-corrected chi connectivity index (χ1v) is 6.88. The molecule has 0 fully saturated rings. The Labute approximate surface area is 132 Å². The van der Waals surface area contributed by atoms with Crippen LogP contribution < -0.4 is 10.1 Å².